The van der Waals surface area contributed by atoms with Crippen LogP contribution in [0, 0.1) is 0 Å². The van der Waals surface area contributed by atoms with Crippen LogP contribution in [0.2, 0.25) is 0 Å². The lowest BCUT2D eigenvalue weighted by Crippen LogP contribution is -2.51. The Balaban J connectivity index is 1.72. The van der Waals surface area contributed by atoms with Crippen LogP contribution in [0.1, 0.15) is 12.8 Å². The largest absolute Gasteiger partial charge is 0.354 e. The number of nitrogens with one attached hydrogen (secondary N) is 3. The molecule has 1 aliphatic heterocycles. The van der Waals surface area contributed by atoms with E-state index in [-0.39, 0.29) is 11.9 Å². The van der Waals surface area contributed by atoms with Gasteiger partial charge in [-0.05, 0) is 37.1 Å². The predicted octanol–water partition coefficient (Wildman–Crippen LogP) is 2.85. The molecule has 0 bridgehead atoms. The number of carbonyl (C=O) groups is 2. The van der Waals surface area contributed by atoms with Crippen molar-refractivity contribution in [3.8, 4) is 0 Å². The van der Waals surface area contributed by atoms with Crippen molar-refractivity contribution in [3.63, 3.8) is 0 Å². The van der Waals surface area contributed by atoms with Crippen molar-refractivity contribution in [3.05, 3.63) is 54.6 Å². The summed E-state index contributed by atoms with van der Waals surface area (Å²) in [6.45, 7) is 0.670. The molecule has 0 aromatic heterocycles. The molecule has 0 radical (unpaired) electrons. The average molecular weight is 338 g/mol. The second-order valence-electron chi connectivity index (χ2n) is 6.00. The maximum atomic E-state index is 12.3. The van der Waals surface area contributed by atoms with Gasteiger partial charge in [-0.2, -0.15) is 0 Å². The molecule has 0 saturated carbocycles. The van der Waals surface area contributed by atoms with Gasteiger partial charge < -0.3 is 20.9 Å². The molecule has 1 fully saturated rings. The maximum Gasteiger partial charge on any atom is 0.319 e. The van der Waals surface area contributed by atoms with Gasteiger partial charge in [-0.25, -0.2) is 4.79 Å². The van der Waals surface area contributed by atoms with Gasteiger partial charge in [-0.3, -0.25) is 4.79 Å². The van der Waals surface area contributed by atoms with Gasteiger partial charge in [0.2, 0.25) is 5.91 Å². The van der Waals surface area contributed by atoms with E-state index in [9.17, 15) is 9.59 Å². The van der Waals surface area contributed by atoms with E-state index in [0.29, 0.717) is 18.7 Å². The lowest BCUT2D eigenvalue weighted by Gasteiger charge is -2.25. The first-order valence-electron chi connectivity index (χ1n) is 8.38. The van der Waals surface area contributed by atoms with Crippen LogP contribution >= 0.6 is 0 Å². The van der Waals surface area contributed by atoms with Gasteiger partial charge in [0.25, 0.3) is 0 Å². The molecule has 6 heteroatoms. The number of piperidine rings is 1. The Morgan fingerprint density at radius 3 is 2.60 bits per heavy atom. The van der Waals surface area contributed by atoms with Gasteiger partial charge in [0.1, 0.15) is 6.04 Å². The number of carbonyl (C=O) groups excluding carboxylic acids is 2. The third kappa shape index (κ3) is 4.09. The third-order valence-electron chi connectivity index (χ3n) is 4.25. The van der Waals surface area contributed by atoms with E-state index in [1.807, 2.05) is 66.5 Å². The molecule has 2 aromatic rings. The number of hydrogen-bond donors (Lipinski definition) is 3. The highest BCUT2D eigenvalue weighted by Gasteiger charge is 2.23. The normalized spacial score (nSPS) is 16.7. The fourth-order valence-corrected chi connectivity index (χ4v) is 2.89. The summed E-state index contributed by atoms with van der Waals surface area (Å²) < 4.78 is 0. The summed E-state index contributed by atoms with van der Waals surface area (Å²) in [6.07, 6.45) is 1.52. The fourth-order valence-electron chi connectivity index (χ4n) is 2.89. The van der Waals surface area contributed by atoms with Crippen LogP contribution in [-0.4, -0.2) is 31.6 Å². The van der Waals surface area contributed by atoms with Crippen molar-refractivity contribution >= 4 is 29.0 Å². The van der Waals surface area contributed by atoms with E-state index < -0.39 is 6.04 Å². The van der Waals surface area contributed by atoms with Crippen molar-refractivity contribution in [1.82, 2.24) is 10.6 Å². The first-order valence-corrected chi connectivity index (χ1v) is 8.38. The van der Waals surface area contributed by atoms with E-state index >= 15 is 0 Å². The monoisotopic (exact) mass is 338 g/mol. The molecule has 0 spiro atoms. The molecule has 2 aromatic carbocycles. The number of anilines is 3. The number of rotatable bonds is 4. The van der Waals surface area contributed by atoms with Gasteiger partial charge in [0, 0.05) is 19.3 Å². The molecular weight excluding hydrogens is 316 g/mol. The average Bonchev–Trinajstić information content (AvgIpc) is 2.64. The number of para-hydroxylation sites is 3. The van der Waals surface area contributed by atoms with E-state index in [2.05, 4.69) is 16.0 Å². The zero-order chi connectivity index (χ0) is 17.6. The van der Waals surface area contributed by atoms with Crippen LogP contribution in [0.3, 0.4) is 0 Å². The van der Waals surface area contributed by atoms with Crippen LogP contribution in [0.5, 0.6) is 0 Å². The lowest BCUT2D eigenvalue weighted by molar-refractivity contribution is -0.124. The molecule has 3 amide bonds. The van der Waals surface area contributed by atoms with Crippen molar-refractivity contribution in [2.75, 3.05) is 23.8 Å². The summed E-state index contributed by atoms with van der Waals surface area (Å²) in [5.41, 5.74) is 2.57. The Hall–Kier alpha value is -3.02. The van der Waals surface area contributed by atoms with Crippen molar-refractivity contribution < 1.29 is 9.59 Å². The van der Waals surface area contributed by atoms with E-state index in [0.717, 1.165) is 17.8 Å². The molecule has 1 atom stereocenters. The van der Waals surface area contributed by atoms with E-state index in [1.165, 1.54) is 0 Å². The minimum Gasteiger partial charge on any atom is -0.354 e. The van der Waals surface area contributed by atoms with Crippen LogP contribution in [0.4, 0.5) is 21.9 Å². The number of nitrogens with zero attached hydrogens (tertiary/aromatic N) is 1. The van der Waals surface area contributed by atoms with Crippen LogP contribution < -0.4 is 20.9 Å². The van der Waals surface area contributed by atoms with Gasteiger partial charge in [0.15, 0.2) is 0 Å². The Kier molecular flexibility index (Phi) is 5.18. The molecule has 6 nitrogen and oxygen atoms in total. The number of hydrogen-bond acceptors (Lipinski definition) is 3. The topological polar surface area (TPSA) is 73.5 Å². The Labute approximate surface area is 147 Å². The first kappa shape index (κ1) is 16.8. The predicted molar refractivity (Wildman–Crippen MR) is 99.1 cm³/mol. The highest BCUT2D eigenvalue weighted by Crippen LogP contribution is 2.30. The van der Waals surface area contributed by atoms with E-state index in [4.69, 9.17) is 0 Å². The summed E-state index contributed by atoms with van der Waals surface area (Å²) in [4.78, 5) is 26.1. The van der Waals surface area contributed by atoms with Crippen LogP contribution in [-0.2, 0) is 4.79 Å². The second-order valence-corrected chi connectivity index (χ2v) is 6.00. The number of urea groups is 1. The Morgan fingerprint density at radius 1 is 1.12 bits per heavy atom. The summed E-state index contributed by atoms with van der Waals surface area (Å²) in [7, 11) is 1.95. The quantitative estimate of drug-likeness (QED) is 0.802. The van der Waals surface area contributed by atoms with Crippen molar-refractivity contribution in [2.45, 2.75) is 18.9 Å². The molecule has 130 valence electrons. The SMILES string of the molecule is CN(c1ccccc1)c1ccccc1NC(=O)N[C@H]1CCCNC1=O. The molecule has 0 unspecified atom stereocenters. The smallest absolute Gasteiger partial charge is 0.319 e. The summed E-state index contributed by atoms with van der Waals surface area (Å²) in [5.74, 6) is -0.129. The summed E-state index contributed by atoms with van der Waals surface area (Å²) in [5, 5.41) is 8.36. The van der Waals surface area contributed by atoms with Crippen molar-refractivity contribution in [1.29, 1.82) is 0 Å². The molecule has 1 aliphatic rings. The molecule has 1 saturated heterocycles. The minimum absolute atomic E-state index is 0.129. The summed E-state index contributed by atoms with van der Waals surface area (Å²) >= 11 is 0. The molecule has 25 heavy (non-hydrogen) atoms. The highest BCUT2D eigenvalue weighted by molar-refractivity contribution is 5.96. The van der Waals surface area contributed by atoms with Crippen LogP contribution in [0.25, 0.3) is 0 Å². The standard InChI is InChI=1S/C19H22N4O2/c1-23(14-8-3-2-4-9-14)17-12-6-5-10-15(17)21-19(25)22-16-11-7-13-20-18(16)24/h2-6,8-10,12,16H,7,11,13H2,1H3,(H,20,24)(H2,21,22,25)/t16-/m0/s1. The Bertz CT molecular complexity index is 748. The zero-order valence-corrected chi connectivity index (χ0v) is 14.2. The second kappa shape index (κ2) is 7.70. The lowest BCUT2D eigenvalue weighted by atomic mass is 10.1. The minimum atomic E-state index is -0.479. The van der Waals surface area contributed by atoms with Gasteiger partial charge >= 0.3 is 6.03 Å². The van der Waals surface area contributed by atoms with E-state index in [1.54, 1.807) is 0 Å². The molecule has 0 aliphatic carbocycles. The number of benzene rings is 2. The van der Waals surface area contributed by atoms with Crippen molar-refractivity contribution in [2.24, 2.45) is 0 Å². The molecular formula is C19H22N4O2. The van der Waals surface area contributed by atoms with Gasteiger partial charge in [-0.15, -0.1) is 0 Å². The van der Waals surface area contributed by atoms with Gasteiger partial charge in [-0.1, -0.05) is 30.3 Å². The van der Waals surface area contributed by atoms with Crippen LogP contribution in [0.15, 0.2) is 54.6 Å². The fraction of sp³-hybridized carbons (Fsp3) is 0.263. The number of amides is 3. The highest BCUT2D eigenvalue weighted by atomic mass is 16.2. The molecule has 3 rings (SSSR count). The summed E-state index contributed by atoms with van der Waals surface area (Å²) in [6, 6.07) is 16.6. The maximum absolute atomic E-state index is 12.3. The molecule has 1 heterocycles. The van der Waals surface area contributed by atoms with Gasteiger partial charge in [0.05, 0.1) is 11.4 Å². The zero-order valence-electron chi connectivity index (χ0n) is 14.2. The molecule has 3 N–H and O–H groups in total. The first-order chi connectivity index (χ1) is 12.1. The Morgan fingerprint density at radius 2 is 1.84 bits per heavy atom. The third-order valence-corrected chi connectivity index (χ3v) is 4.25.